The first-order chi connectivity index (χ1) is 6.24. The van der Waals surface area contributed by atoms with Gasteiger partial charge in [-0.05, 0) is 25.1 Å². The Balaban J connectivity index is 2.89. The topological polar surface area (TPSA) is 53.8 Å². The van der Waals surface area contributed by atoms with Crippen molar-refractivity contribution in [2.24, 2.45) is 0 Å². The Hall–Kier alpha value is -1.95. The summed E-state index contributed by atoms with van der Waals surface area (Å²) in [4.78, 5) is 14.8. The normalized spacial score (nSPS) is 9.85. The van der Waals surface area contributed by atoms with Crippen LogP contribution in [0.25, 0.3) is 6.08 Å². The molecule has 0 spiro atoms. The summed E-state index contributed by atoms with van der Waals surface area (Å²) in [7, 11) is 0. The van der Waals surface area contributed by atoms with E-state index in [1.807, 2.05) is 6.07 Å². The third-order valence-electron chi connectivity index (χ3n) is 1.52. The molecule has 1 rings (SSSR count). The first-order valence-corrected chi connectivity index (χ1v) is 3.77. The highest BCUT2D eigenvalue weighted by Gasteiger charge is 1.97. The minimum atomic E-state index is -0.0108. The van der Waals surface area contributed by atoms with Gasteiger partial charge in [0.1, 0.15) is 0 Å². The molecule has 0 aromatic carbocycles. The van der Waals surface area contributed by atoms with Gasteiger partial charge < -0.3 is 0 Å². The molecule has 1 heterocycles. The molecule has 3 heteroatoms. The van der Waals surface area contributed by atoms with Gasteiger partial charge in [-0.1, -0.05) is 0 Å². The molecule has 0 atom stereocenters. The lowest BCUT2D eigenvalue weighted by atomic mass is 10.2. The van der Waals surface area contributed by atoms with Crippen molar-refractivity contribution < 1.29 is 4.79 Å². The second-order valence-corrected chi connectivity index (χ2v) is 2.49. The molecule has 0 unspecified atom stereocenters. The summed E-state index contributed by atoms with van der Waals surface area (Å²) in [5, 5.41) is 8.25. The highest BCUT2D eigenvalue weighted by Crippen LogP contribution is 2.02. The molecule has 0 radical (unpaired) electrons. The van der Waals surface area contributed by atoms with Crippen molar-refractivity contribution in [1.82, 2.24) is 4.98 Å². The number of nitrogens with zero attached hydrogens (tertiary/aromatic N) is 2. The molecular weight excluding hydrogens is 164 g/mol. The maximum Gasteiger partial charge on any atom is 0.161 e. The number of nitriles is 1. The number of hydrogen-bond donors (Lipinski definition) is 0. The number of aromatic nitrogens is 1. The van der Waals surface area contributed by atoms with Gasteiger partial charge in [-0.25, -0.2) is 0 Å². The Labute approximate surface area is 76.3 Å². The van der Waals surface area contributed by atoms with Crippen molar-refractivity contribution in [2.45, 2.75) is 6.92 Å². The van der Waals surface area contributed by atoms with Crippen LogP contribution in [0.4, 0.5) is 0 Å². The molecule has 0 aliphatic carbocycles. The van der Waals surface area contributed by atoms with Crippen LogP contribution in [0.5, 0.6) is 0 Å². The second kappa shape index (κ2) is 4.17. The van der Waals surface area contributed by atoms with E-state index >= 15 is 0 Å². The fraction of sp³-hybridized carbons (Fsp3) is 0.100. The highest BCUT2D eigenvalue weighted by molar-refractivity contribution is 5.93. The van der Waals surface area contributed by atoms with Crippen molar-refractivity contribution >= 4 is 11.9 Å². The van der Waals surface area contributed by atoms with Crippen LogP contribution < -0.4 is 0 Å². The van der Waals surface area contributed by atoms with Crippen LogP contribution in [-0.4, -0.2) is 10.8 Å². The molecule has 0 bridgehead atoms. The summed E-state index contributed by atoms with van der Waals surface area (Å²) in [6.45, 7) is 1.49. The Morgan fingerprint density at radius 1 is 1.62 bits per heavy atom. The van der Waals surface area contributed by atoms with Gasteiger partial charge in [0.25, 0.3) is 0 Å². The highest BCUT2D eigenvalue weighted by atomic mass is 16.1. The average molecular weight is 172 g/mol. The maximum atomic E-state index is 10.9. The third-order valence-corrected chi connectivity index (χ3v) is 1.52. The van der Waals surface area contributed by atoms with Crippen molar-refractivity contribution in [1.29, 1.82) is 5.26 Å². The van der Waals surface area contributed by atoms with Crippen LogP contribution in [-0.2, 0) is 0 Å². The van der Waals surface area contributed by atoms with Gasteiger partial charge in [0.2, 0.25) is 0 Å². The third kappa shape index (κ3) is 2.53. The smallest absolute Gasteiger partial charge is 0.161 e. The minimum absolute atomic E-state index is 0.0108. The molecule has 0 fully saturated rings. The van der Waals surface area contributed by atoms with E-state index in [1.165, 1.54) is 19.2 Å². The van der Waals surface area contributed by atoms with Crippen LogP contribution in [0.2, 0.25) is 0 Å². The van der Waals surface area contributed by atoms with Gasteiger partial charge in [-0.15, -0.1) is 0 Å². The fourth-order valence-corrected chi connectivity index (χ4v) is 0.835. The number of carbonyl (C=O) groups excluding carboxylic acids is 1. The summed E-state index contributed by atoms with van der Waals surface area (Å²) in [5.74, 6) is -0.0108. The maximum absolute atomic E-state index is 10.9. The van der Waals surface area contributed by atoms with E-state index in [-0.39, 0.29) is 5.78 Å². The van der Waals surface area contributed by atoms with E-state index in [9.17, 15) is 4.79 Å². The molecule has 0 N–H and O–H groups in total. The SMILES string of the molecule is CC(=O)c1ccc(C=CC#N)nc1. The average Bonchev–Trinajstić information content (AvgIpc) is 2.15. The Morgan fingerprint density at radius 2 is 2.38 bits per heavy atom. The van der Waals surface area contributed by atoms with E-state index in [1.54, 1.807) is 18.2 Å². The number of rotatable bonds is 2. The summed E-state index contributed by atoms with van der Waals surface area (Å²) in [6.07, 6.45) is 4.43. The summed E-state index contributed by atoms with van der Waals surface area (Å²) in [6, 6.07) is 5.25. The van der Waals surface area contributed by atoms with Gasteiger partial charge in [0, 0.05) is 17.8 Å². The molecule has 0 saturated heterocycles. The predicted molar refractivity (Wildman–Crippen MR) is 48.9 cm³/mol. The minimum Gasteiger partial charge on any atom is -0.294 e. The molecule has 13 heavy (non-hydrogen) atoms. The number of hydrogen-bond acceptors (Lipinski definition) is 3. The van der Waals surface area contributed by atoms with Crippen LogP contribution in [0.3, 0.4) is 0 Å². The Morgan fingerprint density at radius 3 is 2.85 bits per heavy atom. The standard InChI is InChI=1S/C10H8N2O/c1-8(13)9-4-5-10(12-7-9)3-2-6-11/h2-5,7H,1H3. The number of carbonyl (C=O) groups is 1. The van der Waals surface area contributed by atoms with E-state index in [0.29, 0.717) is 11.3 Å². The predicted octanol–water partition coefficient (Wildman–Crippen LogP) is 1.82. The Bertz CT molecular complexity index is 371. The molecule has 64 valence electrons. The first kappa shape index (κ1) is 9.14. The summed E-state index contributed by atoms with van der Waals surface area (Å²) in [5.41, 5.74) is 1.25. The van der Waals surface area contributed by atoms with Gasteiger partial charge in [-0.3, -0.25) is 9.78 Å². The van der Waals surface area contributed by atoms with Crippen molar-refractivity contribution in [3.63, 3.8) is 0 Å². The molecule has 0 saturated carbocycles. The second-order valence-electron chi connectivity index (χ2n) is 2.49. The quantitative estimate of drug-likeness (QED) is 0.505. The lowest BCUT2D eigenvalue weighted by Crippen LogP contribution is -1.92. The monoisotopic (exact) mass is 172 g/mol. The van der Waals surface area contributed by atoms with Crippen LogP contribution in [0, 0.1) is 11.3 Å². The number of pyridine rings is 1. The Kier molecular flexibility index (Phi) is 2.93. The molecular formula is C10H8N2O. The molecule has 1 aromatic rings. The lowest BCUT2D eigenvalue weighted by molar-refractivity contribution is 0.101. The zero-order valence-corrected chi connectivity index (χ0v) is 7.19. The zero-order chi connectivity index (χ0) is 9.68. The molecule has 3 nitrogen and oxygen atoms in total. The van der Waals surface area contributed by atoms with E-state index in [0.717, 1.165) is 0 Å². The molecule has 0 amide bonds. The summed E-state index contributed by atoms with van der Waals surface area (Å²) >= 11 is 0. The fourth-order valence-electron chi connectivity index (χ4n) is 0.835. The molecule has 0 aliphatic rings. The number of Topliss-reactive ketones (excluding diaryl/α,β-unsaturated/α-hetero) is 1. The van der Waals surface area contributed by atoms with Crippen molar-refractivity contribution in [2.75, 3.05) is 0 Å². The van der Waals surface area contributed by atoms with Crippen LogP contribution in [0.1, 0.15) is 23.0 Å². The van der Waals surface area contributed by atoms with E-state index in [4.69, 9.17) is 5.26 Å². The van der Waals surface area contributed by atoms with Crippen LogP contribution >= 0.6 is 0 Å². The van der Waals surface area contributed by atoms with E-state index in [2.05, 4.69) is 4.98 Å². The largest absolute Gasteiger partial charge is 0.294 e. The molecule has 1 aromatic heterocycles. The van der Waals surface area contributed by atoms with Gasteiger partial charge >= 0.3 is 0 Å². The number of allylic oxidation sites excluding steroid dienone is 1. The van der Waals surface area contributed by atoms with Gasteiger partial charge in [0.05, 0.1) is 11.8 Å². The van der Waals surface area contributed by atoms with Crippen molar-refractivity contribution in [3.05, 3.63) is 35.7 Å². The molecule has 0 aliphatic heterocycles. The van der Waals surface area contributed by atoms with Crippen molar-refractivity contribution in [3.8, 4) is 6.07 Å². The zero-order valence-electron chi connectivity index (χ0n) is 7.19. The van der Waals surface area contributed by atoms with Gasteiger partial charge in [-0.2, -0.15) is 5.26 Å². The van der Waals surface area contributed by atoms with Gasteiger partial charge in [0.15, 0.2) is 5.78 Å². The van der Waals surface area contributed by atoms with Crippen LogP contribution in [0.15, 0.2) is 24.4 Å². The summed E-state index contributed by atoms with van der Waals surface area (Å²) < 4.78 is 0. The lowest BCUT2D eigenvalue weighted by Gasteiger charge is -1.94. The van der Waals surface area contributed by atoms with E-state index < -0.39 is 0 Å². The first-order valence-electron chi connectivity index (χ1n) is 3.77. The number of ketones is 1.